The Labute approximate surface area is 149 Å². The van der Waals surface area contributed by atoms with E-state index in [0.717, 1.165) is 6.42 Å². The molecule has 0 atom stereocenters. The SMILES string of the molecule is CCCCCCCCc1ccc(OCC(=O)Cn2nnc(C)n2)cc1. The number of Topliss-reactive ketones (excluding diaryl/α,β-unsaturated/α-hetero) is 1. The van der Waals surface area contributed by atoms with Crippen molar-refractivity contribution in [3.63, 3.8) is 0 Å². The third-order valence-corrected chi connectivity index (χ3v) is 4.01. The van der Waals surface area contributed by atoms with Gasteiger partial charge in [0.25, 0.3) is 0 Å². The van der Waals surface area contributed by atoms with Crippen molar-refractivity contribution in [2.75, 3.05) is 6.61 Å². The zero-order chi connectivity index (χ0) is 17.9. The highest BCUT2D eigenvalue weighted by Crippen LogP contribution is 2.15. The molecule has 0 aliphatic rings. The number of nitrogens with zero attached hydrogens (tertiary/aromatic N) is 4. The molecule has 0 fully saturated rings. The van der Waals surface area contributed by atoms with Gasteiger partial charge >= 0.3 is 0 Å². The van der Waals surface area contributed by atoms with Gasteiger partial charge in [-0.15, -0.1) is 10.2 Å². The highest BCUT2D eigenvalue weighted by atomic mass is 16.5. The van der Waals surface area contributed by atoms with Crippen molar-refractivity contribution in [2.24, 2.45) is 0 Å². The molecule has 2 aromatic rings. The van der Waals surface area contributed by atoms with E-state index in [1.807, 2.05) is 12.1 Å². The number of tetrazole rings is 1. The summed E-state index contributed by atoms with van der Waals surface area (Å²) in [6.45, 7) is 4.06. The predicted molar refractivity (Wildman–Crippen MR) is 96.6 cm³/mol. The van der Waals surface area contributed by atoms with Crippen LogP contribution >= 0.6 is 0 Å². The second-order valence-corrected chi connectivity index (χ2v) is 6.36. The van der Waals surface area contributed by atoms with Crippen LogP contribution in [0.3, 0.4) is 0 Å². The van der Waals surface area contributed by atoms with Crippen LogP contribution in [0.25, 0.3) is 0 Å². The molecule has 0 aliphatic heterocycles. The third kappa shape index (κ3) is 7.45. The summed E-state index contributed by atoms with van der Waals surface area (Å²) in [5, 5.41) is 11.5. The standard InChI is InChI=1S/C19H28N4O2/c1-3-4-5-6-7-8-9-17-10-12-19(13-11-17)25-15-18(24)14-23-21-16(2)20-22-23/h10-13H,3-9,14-15H2,1-2H3. The number of ketones is 1. The first-order valence-electron chi connectivity index (χ1n) is 9.15. The summed E-state index contributed by atoms with van der Waals surface area (Å²) in [6, 6.07) is 8.01. The number of rotatable bonds is 12. The molecule has 6 nitrogen and oxygen atoms in total. The van der Waals surface area contributed by atoms with Gasteiger partial charge < -0.3 is 4.74 Å². The molecule has 2 rings (SSSR count). The van der Waals surface area contributed by atoms with Gasteiger partial charge in [0.1, 0.15) is 18.9 Å². The first kappa shape index (κ1) is 19.1. The molecule has 0 saturated carbocycles. The molecule has 0 saturated heterocycles. The maximum atomic E-state index is 11.9. The summed E-state index contributed by atoms with van der Waals surface area (Å²) in [5.74, 6) is 1.17. The maximum absolute atomic E-state index is 11.9. The number of carbonyl (C=O) groups is 1. The van der Waals surface area contributed by atoms with Crippen molar-refractivity contribution in [2.45, 2.75) is 65.3 Å². The van der Waals surface area contributed by atoms with E-state index in [0.29, 0.717) is 11.6 Å². The molecule has 0 spiro atoms. The number of unbranched alkanes of at least 4 members (excludes halogenated alkanes) is 5. The molecular weight excluding hydrogens is 316 g/mol. The second-order valence-electron chi connectivity index (χ2n) is 6.36. The molecule has 0 unspecified atom stereocenters. The van der Waals surface area contributed by atoms with Crippen molar-refractivity contribution < 1.29 is 9.53 Å². The third-order valence-electron chi connectivity index (χ3n) is 4.01. The molecule has 1 heterocycles. The molecule has 136 valence electrons. The van der Waals surface area contributed by atoms with Crippen LogP contribution in [0.5, 0.6) is 5.75 Å². The quantitative estimate of drug-likeness (QED) is 0.551. The summed E-state index contributed by atoms with van der Waals surface area (Å²) in [7, 11) is 0. The first-order chi connectivity index (χ1) is 12.2. The Morgan fingerprint density at radius 1 is 1.08 bits per heavy atom. The van der Waals surface area contributed by atoms with E-state index < -0.39 is 0 Å². The molecule has 6 heteroatoms. The van der Waals surface area contributed by atoms with Crippen LogP contribution < -0.4 is 4.74 Å². The molecule has 1 aromatic heterocycles. The Balaban J connectivity index is 1.65. The summed E-state index contributed by atoms with van der Waals surface area (Å²) in [6.07, 6.45) is 8.94. The summed E-state index contributed by atoms with van der Waals surface area (Å²) < 4.78 is 5.53. The Kier molecular flexibility index (Phi) is 8.09. The maximum Gasteiger partial charge on any atom is 0.193 e. The van der Waals surface area contributed by atoms with Crippen LogP contribution in [0.4, 0.5) is 0 Å². The zero-order valence-electron chi connectivity index (χ0n) is 15.3. The van der Waals surface area contributed by atoms with E-state index in [1.54, 1.807) is 6.92 Å². The molecule has 0 bridgehead atoms. The molecule has 1 aromatic carbocycles. The lowest BCUT2D eigenvalue weighted by Crippen LogP contribution is -2.19. The molecule has 25 heavy (non-hydrogen) atoms. The Bertz CT molecular complexity index is 637. The first-order valence-corrected chi connectivity index (χ1v) is 9.15. The fraction of sp³-hybridized carbons (Fsp3) is 0.579. The fourth-order valence-electron chi connectivity index (χ4n) is 2.62. The van der Waals surface area contributed by atoms with Gasteiger partial charge in [-0.1, -0.05) is 51.2 Å². The average Bonchev–Trinajstić information content (AvgIpc) is 3.02. The van der Waals surface area contributed by atoms with Crippen molar-refractivity contribution in [1.29, 1.82) is 0 Å². The normalized spacial score (nSPS) is 10.8. The molecule has 0 amide bonds. The smallest absolute Gasteiger partial charge is 0.193 e. The van der Waals surface area contributed by atoms with Crippen LogP contribution in [-0.4, -0.2) is 32.6 Å². The lowest BCUT2D eigenvalue weighted by Gasteiger charge is -2.07. The van der Waals surface area contributed by atoms with Crippen LogP contribution in [0.2, 0.25) is 0 Å². The van der Waals surface area contributed by atoms with Crippen LogP contribution in [0, 0.1) is 6.92 Å². The van der Waals surface area contributed by atoms with Gasteiger partial charge in [0.05, 0.1) is 0 Å². The number of aromatic nitrogens is 4. The highest BCUT2D eigenvalue weighted by molar-refractivity contribution is 5.79. The van der Waals surface area contributed by atoms with Crippen LogP contribution in [0.15, 0.2) is 24.3 Å². The van der Waals surface area contributed by atoms with Gasteiger partial charge in [0.2, 0.25) is 0 Å². The van der Waals surface area contributed by atoms with Crippen LogP contribution in [0.1, 0.15) is 56.8 Å². The van der Waals surface area contributed by atoms with E-state index in [1.165, 1.54) is 48.9 Å². The van der Waals surface area contributed by atoms with E-state index in [-0.39, 0.29) is 18.9 Å². The number of carbonyl (C=O) groups excluding carboxylic acids is 1. The lowest BCUT2D eigenvalue weighted by molar-refractivity contribution is -0.122. The molecular formula is C19H28N4O2. The zero-order valence-corrected chi connectivity index (χ0v) is 15.3. The summed E-state index contributed by atoms with van der Waals surface area (Å²) in [4.78, 5) is 13.1. The van der Waals surface area contributed by atoms with Crippen molar-refractivity contribution in [3.05, 3.63) is 35.7 Å². The Hall–Kier alpha value is -2.24. The Morgan fingerprint density at radius 2 is 1.80 bits per heavy atom. The van der Waals surface area contributed by atoms with E-state index >= 15 is 0 Å². The van der Waals surface area contributed by atoms with E-state index in [4.69, 9.17) is 4.74 Å². The molecule has 0 N–H and O–H groups in total. The Morgan fingerprint density at radius 3 is 2.48 bits per heavy atom. The van der Waals surface area contributed by atoms with Crippen LogP contribution in [-0.2, 0) is 17.8 Å². The van der Waals surface area contributed by atoms with Gasteiger partial charge in [0.15, 0.2) is 11.6 Å². The van der Waals surface area contributed by atoms with Gasteiger partial charge in [0, 0.05) is 0 Å². The number of hydrogen-bond donors (Lipinski definition) is 0. The van der Waals surface area contributed by atoms with Gasteiger partial charge in [-0.3, -0.25) is 4.79 Å². The van der Waals surface area contributed by atoms with Crippen molar-refractivity contribution in [3.8, 4) is 5.75 Å². The summed E-state index contributed by atoms with van der Waals surface area (Å²) >= 11 is 0. The summed E-state index contributed by atoms with van der Waals surface area (Å²) in [5.41, 5.74) is 1.32. The molecule has 0 radical (unpaired) electrons. The number of benzene rings is 1. The number of ether oxygens (including phenoxy) is 1. The minimum Gasteiger partial charge on any atom is -0.486 e. The highest BCUT2D eigenvalue weighted by Gasteiger charge is 2.07. The largest absolute Gasteiger partial charge is 0.486 e. The van der Waals surface area contributed by atoms with E-state index in [2.05, 4.69) is 34.5 Å². The monoisotopic (exact) mass is 344 g/mol. The lowest BCUT2D eigenvalue weighted by atomic mass is 10.0. The minimum atomic E-state index is -0.0893. The minimum absolute atomic E-state index is 0.0113. The topological polar surface area (TPSA) is 69.9 Å². The van der Waals surface area contributed by atoms with Gasteiger partial charge in [-0.25, -0.2) is 0 Å². The predicted octanol–water partition coefficient (Wildman–Crippen LogP) is 3.53. The van der Waals surface area contributed by atoms with E-state index in [9.17, 15) is 4.79 Å². The average molecular weight is 344 g/mol. The van der Waals surface area contributed by atoms with Gasteiger partial charge in [-0.2, -0.15) is 4.80 Å². The van der Waals surface area contributed by atoms with Gasteiger partial charge in [-0.05, 0) is 42.7 Å². The van der Waals surface area contributed by atoms with Crippen molar-refractivity contribution >= 4 is 5.78 Å². The molecule has 0 aliphatic carbocycles. The van der Waals surface area contributed by atoms with Crippen molar-refractivity contribution in [1.82, 2.24) is 20.2 Å². The second kappa shape index (κ2) is 10.6. The number of hydrogen-bond acceptors (Lipinski definition) is 5. The number of aryl methyl sites for hydroxylation is 2. The fourth-order valence-corrected chi connectivity index (χ4v) is 2.62.